The highest BCUT2D eigenvalue weighted by atomic mass is 19.4. The molecule has 0 radical (unpaired) electrons. The van der Waals surface area contributed by atoms with Crippen LogP contribution in [0.1, 0.15) is 26.7 Å². The smallest absolute Gasteiger partial charge is 0.416 e. The molecule has 1 fully saturated rings. The Kier molecular flexibility index (Phi) is 2.76. The van der Waals surface area contributed by atoms with Crippen LogP contribution in [0.25, 0.3) is 0 Å². The Morgan fingerprint density at radius 1 is 1.40 bits per heavy atom. The summed E-state index contributed by atoms with van der Waals surface area (Å²) in [7, 11) is 0. The second kappa shape index (κ2) is 3.37. The van der Waals surface area contributed by atoms with E-state index < -0.39 is 23.2 Å². The van der Waals surface area contributed by atoms with Gasteiger partial charge in [-0.25, -0.2) is 0 Å². The van der Waals surface area contributed by atoms with Crippen molar-refractivity contribution in [1.82, 2.24) is 0 Å². The average Bonchev–Trinajstić information content (AvgIpc) is 2.79. The molecule has 0 saturated heterocycles. The maximum Gasteiger partial charge on any atom is 0.416 e. The highest BCUT2D eigenvalue weighted by Crippen LogP contribution is 2.47. The highest BCUT2D eigenvalue weighted by Gasteiger charge is 2.55. The monoisotopic (exact) mass is 226 g/mol. The normalized spacial score (nSPS) is 20.1. The van der Waals surface area contributed by atoms with Gasteiger partial charge in [0.15, 0.2) is 5.60 Å². The summed E-state index contributed by atoms with van der Waals surface area (Å²) in [5.41, 5.74) is -3.37. The molecule has 0 unspecified atom stereocenters. The van der Waals surface area contributed by atoms with E-state index in [9.17, 15) is 18.0 Å². The summed E-state index contributed by atoms with van der Waals surface area (Å²) >= 11 is 0. The fraction of sp³-hybridized carbons (Fsp3) is 0.889. The summed E-state index contributed by atoms with van der Waals surface area (Å²) in [6.45, 7) is 1.41. The van der Waals surface area contributed by atoms with Crippen LogP contribution in [-0.4, -0.2) is 29.5 Å². The standard InChI is InChI=1S/C9H13F3O3/c1-7(2,9(10,11)12)15-5-8(3-4-8)6(13)14/h3-5H2,1-2H3,(H,13,14). The first-order valence-electron chi connectivity index (χ1n) is 4.55. The highest BCUT2D eigenvalue weighted by molar-refractivity contribution is 5.77. The minimum atomic E-state index is -4.48. The predicted molar refractivity (Wildman–Crippen MR) is 45.4 cm³/mol. The molecule has 0 spiro atoms. The van der Waals surface area contributed by atoms with Gasteiger partial charge in [0.1, 0.15) is 0 Å². The van der Waals surface area contributed by atoms with Gasteiger partial charge in [-0.05, 0) is 26.7 Å². The fourth-order valence-corrected chi connectivity index (χ4v) is 0.971. The summed E-state index contributed by atoms with van der Waals surface area (Å²) in [6.07, 6.45) is -3.71. The number of hydrogen-bond donors (Lipinski definition) is 1. The maximum absolute atomic E-state index is 12.4. The molecule has 0 aromatic rings. The van der Waals surface area contributed by atoms with E-state index in [4.69, 9.17) is 5.11 Å². The van der Waals surface area contributed by atoms with Crippen molar-refractivity contribution < 1.29 is 27.8 Å². The lowest BCUT2D eigenvalue weighted by Crippen LogP contribution is -2.43. The van der Waals surface area contributed by atoms with Gasteiger partial charge in [0.05, 0.1) is 12.0 Å². The number of rotatable bonds is 4. The van der Waals surface area contributed by atoms with Crippen LogP contribution >= 0.6 is 0 Å². The molecule has 0 bridgehead atoms. The second-order valence-corrected chi connectivity index (χ2v) is 4.38. The molecule has 0 heterocycles. The van der Waals surface area contributed by atoms with E-state index in [0.29, 0.717) is 12.8 Å². The Labute approximate surface area is 85.2 Å². The largest absolute Gasteiger partial charge is 0.481 e. The van der Waals surface area contributed by atoms with Gasteiger partial charge in [-0.3, -0.25) is 4.79 Å². The van der Waals surface area contributed by atoms with Gasteiger partial charge in [-0.15, -0.1) is 0 Å². The molecule has 1 rings (SSSR count). The van der Waals surface area contributed by atoms with Crippen molar-refractivity contribution in [2.75, 3.05) is 6.61 Å². The summed E-state index contributed by atoms with van der Waals surface area (Å²) in [5.74, 6) is -1.08. The van der Waals surface area contributed by atoms with E-state index in [1.54, 1.807) is 0 Å². The fourth-order valence-electron chi connectivity index (χ4n) is 0.971. The Bertz CT molecular complexity index is 266. The van der Waals surface area contributed by atoms with Crippen molar-refractivity contribution in [1.29, 1.82) is 0 Å². The molecule has 1 N–H and O–H groups in total. The molecule has 0 atom stereocenters. The summed E-state index contributed by atoms with van der Waals surface area (Å²) in [6, 6.07) is 0. The van der Waals surface area contributed by atoms with Crippen LogP contribution < -0.4 is 0 Å². The van der Waals surface area contributed by atoms with Crippen molar-refractivity contribution in [3.05, 3.63) is 0 Å². The van der Waals surface area contributed by atoms with E-state index in [1.807, 2.05) is 0 Å². The molecule has 1 saturated carbocycles. The van der Waals surface area contributed by atoms with Gasteiger partial charge in [0.25, 0.3) is 0 Å². The van der Waals surface area contributed by atoms with Crippen LogP contribution in [-0.2, 0) is 9.53 Å². The van der Waals surface area contributed by atoms with Crippen LogP contribution in [0.15, 0.2) is 0 Å². The minimum absolute atomic E-state index is 0.380. The quantitative estimate of drug-likeness (QED) is 0.799. The van der Waals surface area contributed by atoms with Crippen LogP contribution in [0.4, 0.5) is 13.2 Å². The lowest BCUT2D eigenvalue weighted by molar-refractivity contribution is -0.267. The molecular formula is C9H13F3O3. The number of ether oxygens (including phenoxy) is 1. The first-order chi connectivity index (χ1) is 6.61. The van der Waals surface area contributed by atoms with Crippen LogP contribution in [0.2, 0.25) is 0 Å². The van der Waals surface area contributed by atoms with E-state index in [2.05, 4.69) is 4.74 Å². The van der Waals surface area contributed by atoms with Crippen molar-refractivity contribution in [2.45, 2.75) is 38.5 Å². The van der Waals surface area contributed by atoms with Gasteiger partial charge in [0, 0.05) is 0 Å². The van der Waals surface area contributed by atoms with Gasteiger partial charge in [-0.2, -0.15) is 13.2 Å². The molecule has 1 aliphatic carbocycles. The van der Waals surface area contributed by atoms with Crippen molar-refractivity contribution in [2.24, 2.45) is 5.41 Å². The number of carboxylic acid groups (broad SMARTS) is 1. The third kappa shape index (κ3) is 2.42. The Morgan fingerprint density at radius 3 is 2.13 bits per heavy atom. The van der Waals surface area contributed by atoms with Crippen molar-refractivity contribution in [3.63, 3.8) is 0 Å². The molecule has 1 aliphatic rings. The zero-order valence-electron chi connectivity index (χ0n) is 8.52. The predicted octanol–water partition coefficient (Wildman–Crippen LogP) is 2.21. The lowest BCUT2D eigenvalue weighted by Gasteiger charge is -2.29. The molecule has 0 aromatic carbocycles. The van der Waals surface area contributed by atoms with Crippen LogP contribution in [0, 0.1) is 5.41 Å². The topological polar surface area (TPSA) is 46.5 Å². The molecule has 0 amide bonds. The van der Waals surface area contributed by atoms with Crippen molar-refractivity contribution in [3.8, 4) is 0 Å². The number of halogens is 3. The first kappa shape index (κ1) is 12.3. The first-order valence-corrected chi connectivity index (χ1v) is 4.55. The van der Waals surface area contributed by atoms with E-state index in [0.717, 1.165) is 13.8 Å². The molecule has 88 valence electrons. The Morgan fingerprint density at radius 2 is 1.87 bits per heavy atom. The molecule has 0 aliphatic heterocycles. The number of aliphatic carboxylic acids is 1. The van der Waals surface area contributed by atoms with E-state index in [-0.39, 0.29) is 6.61 Å². The molecule has 6 heteroatoms. The zero-order chi connectivity index (χ0) is 11.9. The van der Waals surface area contributed by atoms with E-state index in [1.165, 1.54) is 0 Å². The van der Waals surface area contributed by atoms with Gasteiger partial charge < -0.3 is 9.84 Å². The Balaban J connectivity index is 2.54. The average molecular weight is 226 g/mol. The SMILES string of the molecule is CC(C)(OCC1(C(=O)O)CC1)C(F)(F)F. The number of hydrogen-bond acceptors (Lipinski definition) is 2. The number of carbonyl (C=O) groups is 1. The third-order valence-corrected chi connectivity index (χ3v) is 2.70. The minimum Gasteiger partial charge on any atom is -0.481 e. The van der Waals surface area contributed by atoms with Gasteiger partial charge in [-0.1, -0.05) is 0 Å². The molecule has 15 heavy (non-hydrogen) atoms. The summed E-state index contributed by atoms with van der Waals surface area (Å²) < 4.78 is 41.7. The summed E-state index contributed by atoms with van der Waals surface area (Å²) in [5, 5.41) is 8.74. The molecule has 0 aromatic heterocycles. The van der Waals surface area contributed by atoms with E-state index >= 15 is 0 Å². The zero-order valence-corrected chi connectivity index (χ0v) is 8.52. The maximum atomic E-state index is 12.4. The van der Waals surface area contributed by atoms with Crippen LogP contribution in [0.5, 0.6) is 0 Å². The number of carboxylic acids is 1. The Hall–Kier alpha value is -0.780. The lowest BCUT2D eigenvalue weighted by atomic mass is 10.1. The van der Waals surface area contributed by atoms with Gasteiger partial charge in [0.2, 0.25) is 0 Å². The second-order valence-electron chi connectivity index (χ2n) is 4.38. The number of alkyl halides is 3. The van der Waals surface area contributed by atoms with Crippen molar-refractivity contribution >= 4 is 5.97 Å². The van der Waals surface area contributed by atoms with Crippen LogP contribution in [0.3, 0.4) is 0 Å². The third-order valence-electron chi connectivity index (χ3n) is 2.70. The van der Waals surface area contributed by atoms with Gasteiger partial charge >= 0.3 is 12.1 Å². The summed E-state index contributed by atoms with van der Waals surface area (Å²) in [4.78, 5) is 10.7. The molecule has 3 nitrogen and oxygen atoms in total. The molecular weight excluding hydrogens is 213 g/mol.